The molecule has 2 rings (SSSR count). The molecule has 0 aromatic heterocycles. The molecule has 20 heavy (non-hydrogen) atoms. The van der Waals surface area contributed by atoms with E-state index in [9.17, 15) is 9.59 Å². The Kier molecular flexibility index (Phi) is 4.37. The van der Waals surface area contributed by atoms with Crippen molar-refractivity contribution in [3.63, 3.8) is 0 Å². The van der Waals surface area contributed by atoms with Crippen LogP contribution in [0.25, 0.3) is 0 Å². The molecule has 0 radical (unpaired) electrons. The minimum Gasteiger partial charge on any atom is -0.322 e. The van der Waals surface area contributed by atoms with E-state index in [0.29, 0.717) is 13.2 Å². The van der Waals surface area contributed by atoms with E-state index >= 15 is 0 Å². The summed E-state index contributed by atoms with van der Waals surface area (Å²) in [7, 11) is 3.99. The van der Waals surface area contributed by atoms with Crippen molar-refractivity contribution < 1.29 is 9.59 Å². The first-order valence-corrected chi connectivity index (χ1v) is 7.60. The van der Waals surface area contributed by atoms with Crippen LogP contribution in [-0.4, -0.2) is 66.4 Å². The van der Waals surface area contributed by atoms with Gasteiger partial charge in [0.05, 0.1) is 6.67 Å². The molecule has 0 aromatic carbocycles. The molecular weight excluding hydrogens is 254 g/mol. The average Bonchev–Trinajstić information content (AvgIpc) is 2.95. The quantitative estimate of drug-likeness (QED) is 0.776. The van der Waals surface area contributed by atoms with Crippen LogP contribution in [0, 0.1) is 5.41 Å². The molecule has 1 saturated carbocycles. The fourth-order valence-corrected chi connectivity index (χ4v) is 3.23. The van der Waals surface area contributed by atoms with Crippen LogP contribution in [0.5, 0.6) is 0 Å². The highest BCUT2D eigenvalue weighted by atomic mass is 16.2. The molecule has 1 aliphatic heterocycles. The highest BCUT2D eigenvalue weighted by Gasteiger charge is 2.45. The number of nitrogens with zero attached hydrogens (tertiary/aromatic N) is 3. The van der Waals surface area contributed by atoms with Crippen molar-refractivity contribution in [2.45, 2.75) is 45.6 Å². The molecule has 0 spiro atoms. The fraction of sp³-hybridized carbons (Fsp3) is 0.867. The Balaban J connectivity index is 2.02. The van der Waals surface area contributed by atoms with Gasteiger partial charge in [-0.25, -0.2) is 0 Å². The number of hydrogen-bond donors (Lipinski definition) is 0. The van der Waals surface area contributed by atoms with Crippen LogP contribution in [0.4, 0.5) is 0 Å². The van der Waals surface area contributed by atoms with Gasteiger partial charge in [0.2, 0.25) is 11.8 Å². The lowest BCUT2D eigenvalue weighted by Crippen LogP contribution is -2.44. The van der Waals surface area contributed by atoms with Gasteiger partial charge in [0, 0.05) is 18.5 Å². The van der Waals surface area contributed by atoms with Gasteiger partial charge >= 0.3 is 0 Å². The summed E-state index contributed by atoms with van der Waals surface area (Å²) in [6.45, 7) is 5.90. The maximum Gasteiger partial charge on any atom is 0.246 e. The molecule has 2 amide bonds. The van der Waals surface area contributed by atoms with Gasteiger partial charge in [-0.15, -0.1) is 0 Å². The predicted molar refractivity (Wildman–Crippen MR) is 78.0 cm³/mol. The summed E-state index contributed by atoms with van der Waals surface area (Å²) >= 11 is 0. The van der Waals surface area contributed by atoms with Crippen molar-refractivity contribution in [3.8, 4) is 0 Å². The predicted octanol–water partition coefficient (Wildman–Crippen LogP) is 1.15. The van der Waals surface area contributed by atoms with E-state index in [1.54, 1.807) is 9.80 Å². The number of carbonyl (C=O) groups excluding carboxylic acids is 2. The van der Waals surface area contributed by atoms with Gasteiger partial charge in [-0.2, -0.15) is 0 Å². The molecular formula is C15H27N3O2. The molecule has 0 N–H and O–H groups in total. The number of carbonyl (C=O) groups is 2. The average molecular weight is 281 g/mol. The van der Waals surface area contributed by atoms with E-state index in [4.69, 9.17) is 0 Å². The molecule has 2 fully saturated rings. The molecule has 1 atom stereocenters. The minimum absolute atomic E-state index is 0.0850. The lowest BCUT2D eigenvalue weighted by molar-refractivity contribution is -0.143. The van der Waals surface area contributed by atoms with Crippen molar-refractivity contribution in [1.29, 1.82) is 0 Å². The summed E-state index contributed by atoms with van der Waals surface area (Å²) in [6.07, 6.45) is 4.17. The Morgan fingerprint density at radius 2 is 1.95 bits per heavy atom. The third-order valence-electron chi connectivity index (χ3n) is 4.76. The molecule has 1 unspecified atom stereocenters. The Morgan fingerprint density at radius 1 is 1.35 bits per heavy atom. The van der Waals surface area contributed by atoms with Gasteiger partial charge in [0.1, 0.15) is 6.04 Å². The largest absolute Gasteiger partial charge is 0.322 e. The van der Waals surface area contributed by atoms with E-state index in [-0.39, 0.29) is 23.3 Å². The van der Waals surface area contributed by atoms with E-state index < -0.39 is 0 Å². The Morgan fingerprint density at radius 3 is 2.50 bits per heavy atom. The SMILES string of the molecule is CC1C(=O)N(CCN(C)C)CN1C(=O)C1(C)CCCC1. The summed E-state index contributed by atoms with van der Waals surface area (Å²) < 4.78 is 0. The summed E-state index contributed by atoms with van der Waals surface area (Å²) in [4.78, 5) is 30.7. The Bertz CT molecular complexity index is 389. The first kappa shape index (κ1) is 15.3. The second-order valence-corrected chi connectivity index (χ2v) is 6.77. The third kappa shape index (κ3) is 2.82. The zero-order valence-corrected chi connectivity index (χ0v) is 13.2. The number of rotatable bonds is 4. The van der Waals surface area contributed by atoms with Crippen LogP contribution in [0.3, 0.4) is 0 Å². The molecule has 1 heterocycles. The Labute approximate surface area is 121 Å². The highest BCUT2D eigenvalue weighted by molar-refractivity contribution is 5.92. The molecule has 1 saturated heterocycles. The minimum atomic E-state index is -0.304. The molecule has 2 aliphatic rings. The van der Waals surface area contributed by atoms with Crippen molar-refractivity contribution in [3.05, 3.63) is 0 Å². The monoisotopic (exact) mass is 281 g/mol. The van der Waals surface area contributed by atoms with E-state index in [0.717, 1.165) is 32.2 Å². The lowest BCUT2D eigenvalue weighted by atomic mass is 9.87. The van der Waals surface area contributed by atoms with Gasteiger partial charge in [-0.05, 0) is 33.9 Å². The number of likely N-dealkylation sites (N-methyl/N-ethyl adjacent to an activating group) is 1. The van der Waals surface area contributed by atoms with Crippen LogP contribution in [0.1, 0.15) is 39.5 Å². The molecule has 5 nitrogen and oxygen atoms in total. The fourth-order valence-electron chi connectivity index (χ4n) is 3.23. The van der Waals surface area contributed by atoms with Crippen LogP contribution in [-0.2, 0) is 9.59 Å². The van der Waals surface area contributed by atoms with Gasteiger partial charge < -0.3 is 14.7 Å². The lowest BCUT2D eigenvalue weighted by Gasteiger charge is -2.30. The maximum absolute atomic E-state index is 12.7. The van der Waals surface area contributed by atoms with Crippen molar-refractivity contribution in [2.24, 2.45) is 5.41 Å². The van der Waals surface area contributed by atoms with Crippen molar-refractivity contribution in [2.75, 3.05) is 33.9 Å². The summed E-state index contributed by atoms with van der Waals surface area (Å²) in [5, 5.41) is 0. The zero-order valence-electron chi connectivity index (χ0n) is 13.2. The molecule has 114 valence electrons. The van der Waals surface area contributed by atoms with Gasteiger partial charge in [0.15, 0.2) is 0 Å². The normalized spacial score (nSPS) is 25.9. The van der Waals surface area contributed by atoms with Crippen molar-refractivity contribution in [1.82, 2.24) is 14.7 Å². The summed E-state index contributed by atoms with van der Waals surface area (Å²) in [5.41, 5.74) is -0.244. The number of amides is 2. The van der Waals surface area contributed by atoms with E-state index in [1.807, 2.05) is 21.0 Å². The molecule has 1 aliphatic carbocycles. The second-order valence-electron chi connectivity index (χ2n) is 6.77. The van der Waals surface area contributed by atoms with Crippen molar-refractivity contribution >= 4 is 11.8 Å². The molecule has 0 aromatic rings. The Hall–Kier alpha value is -1.10. The van der Waals surface area contributed by atoms with Gasteiger partial charge in [-0.3, -0.25) is 9.59 Å². The standard InChI is InChI=1S/C15H27N3O2/c1-12-13(19)17(10-9-16(3)4)11-18(12)14(20)15(2)7-5-6-8-15/h12H,5-11H2,1-4H3. The number of hydrogen-bond acceptors (Lipinski definition) is 3. The van der Waals surface area contributed by atoms with E-state index in [1.165, 1.54) is 0 Å². The van der Waals surface area contributed by atoms with Crippen LogP contribution in [0.15, 0.2) is 0 Å². The summed E-state index contributed by atoms with van der Waals surface area (Å²) in [5.74, 6) is 0.255. The maximum atomic E-state index is 12.7. The van der Waals surface area contributed by atoms with Crippen LogP contribution >= 0.6 is 0 Å². The van der Waals surface area contributed by atoms with Crippen LogP contribution in [0.2, 0.25) is 0 Å². The first-order valence-electron chi connectivity index (χ1n) is 7.60. The van der Waals surface area contributed by atoms with E-state index in [2.05, 4.69) is 11.8 Å². The summed E-state index contributed by atoms with van der Waals surface area (Å²) in [6, 6.07) is -0.304. The van der Waals surface area contributed by atoms with Gasteiger partial charge in [0.25, 0.3) is 0 Å². The topological polar surface area (TPSA) is 43.9 Å². The van der Waals surface area contributed by atoms with Gasteiger partial charge in [-0.1, -0.05) is 19.8 Å². The smallest absolute Gasteiger partial charge is 0.246 e. The van der Waals surface area contributed by atoms with Crippen LogP contribution < -0.4 is 0 Å². The molecule has 5 heteroatoms. The zero-order chi connectivity index (χ0) is 14.9. The first-order chi connectivity index (χ1) is 9.35. The highest BCUT2D eigenvalue weighted by Crippen LogP contribution is 2.40. The second kappa shape index (κ2) is 5.72. The third-order valence-corrected chi connectivity index (χ3v) is 4.76. The molecule has 0 bridgehead atoms.